The molecule has 0 amide bonds. The summed E-state index contributed by atoms with van der Waals surface area (Å²) in [6.07, 6.45) is 2.08. The highest BCUT2D eigenvalue weighted by Gasteiger charge is 2.14. The number of ketones is 1. The number of carbonyl (C=O) groups is 1. The van der Waals surface area contributed by atoms with Crippen LogP contribution in [0.25, 0.3) is 0 Å². The van der Waals surface area contributed by atoms with Crippen molar-refractivity contribution in [3.05, 3.63) is 84.2 Å². The second-order valence-electron chi connectivity index (χ2n) is 4.39. The van der Waals surface area contributed by atoms with Gasteiger partial charge in [0.2, 0.25) is 0 Å². The molecule has 0 aliphatic rings. The maximum absolute atomic E-state index is 12.9. The van der Waals surface area contributed by atoms with E-state index in [9.17, 15) is 9.18 Å². The van der Waals surface area contributed by atoms with Crippen molar-refractivity contribution in [1.29, 1.82) is 0 Å². The van der Waals surface area contributed by atoms with Gasteiger partial charge >= 0.3 is 0 Å². The minimum Gasteiger partial charge on any atom is -0.294 e. The van der Waals surface area contributed by atoms with E-state index >= 15 is 0 Å². The average molecular weight is 254 g/mol. The second kappa shape index (κ2) is 6.10. The summed E-state index contributed by atoms with van der Waals surface area (Å²) in [5, 5.41) is 0. The number of halogens is 1. The molecule has 0 aromatic heterocycles. The largest absolute Gasteiger partial charge is 0.294 e. The standard InChI is InChI=1S/C17H15FO/c1-2-13(14-8-10-16(18)11-9-14)12-17(19)15-6-4-3-5-7-15/h2-11,13H,1,12H2. The lowest BCUT2D eigenvalue weighted by Gasteiger charge is -2.12. The predicted octanol–water partition coefficient (Wildman–Crippen LogP) is 4.37. The Morgan fingerprint density at radius 2 is 1.74 bits per heavy atom. The van der Waals surface area contributed by atoms with Crippen molar-refractivity contribution in [2.75, 3.05) is 0 Å². The first-order valence-electron chi connectivity index (χ1n) is 6.17. The van der Waals surface area contributed by atoms with Crippen LogP contribution in [0.5, 0.6) is 0 Å². The van der Waals surface area contributed by atoms with Gasteiger partial charge in [-0.3, -0.25) is 4.79 Å². The molecule has 0 saturated heterocycles. The van der Waals surface area contributed by atoms with Crippen LogP contribution in [0.15, 0.2) is 67.3 Å². The molecule has 0 aliphatic heterocycles. The number of rotatable bonds is 5. The molecule has 0 N–H and O–H groups in total. The van der Waals surface area contributed by atoms with Crippen LogP contribution in [0.1, 0.15) is 28.3 Å². The molecule has 0 aliphatic carbocycles. The first-order valence-corrected chi connectivity index (χ1v) is 6.17. The molecule has 2 aromatic rings. The summed E-state index contributed by atoms with van der Waals surface area (Å²) >= 11 is 0. The molecule has 1 unspecified atom stereocenters. The van der Waals surface area contributed by atoms with Gasteiger partial charge in [-0.05, 0) is 17.7 Å². The molecule has 0 fully saturated rings. The van der Waals surface area contributed by atoms with E-state index in [4.69, 9.17) is 0 Å². The highest BCUT2D eigenvalue weighted by atomic mass is 19.1. The lowest BCUT2D eigenvalue weighted by Crippen LogP contribution is -2.05. The van der Waals surface area contributed by atoms with E-state index in [0.717, 1.165) is 5.56 Å². The zero-order valence-corrected chi connectivity index (χ0v) is 10.6. The van der Waals surface area contributed by atoms with Crippen molar-refractivity contribution in [1.82, 2.24) is 0 Å². The fourth-order valence-electron chi connectivity index (χ4n) is 1.99. The Morgan fingerprint density at radius 3 is 2.32 bits per heavy atom. The summed E-state index contributed by atoms with van der Waals surface area (Å²) in [6, 6.07) is 15.3. The average Bonchev–Trinajstić information content (AvgIpc) is 2.46. The Hall–Kier alpha value is -2.22. The van der Waals surface area contributed by atoms with Gasteiger partial charge in [-0.2, -0.15) is 0 Å². The Labute approximate surface area is 112 Å². The van der Waals surface area contributed by atoms with E-state index in [-0.39, 0.29) is 17.5 Å². The Balaban J connectivity index is 2.14. The molecular weight excluding hydrogens is 239 g/mol. The first kappa shape index (κ1) is 13.2. The van der Waals surface area contributed by atoms with Crippen molar-refractivity contribution in [2.24, 2.45) is 0 Å². The molecule has 0 heterocycles. The third kappa shape index (κ3) is 3.38. The fraction of sp³-hybridized carbons (Fsp3) is 0.118. The quantitative estimate of drug-likeness (QED) is 0.572. The van der Waals surface area contributed by atoms with E-state index in [2.05, 4.69) is 6.58 Å². The summed E-state index contributed by atoms with van der Waals surface area (Å²) in [7, 11) is 0. The van der Waals surface area contributed by atoms with Crippen LogP contribution in [-0.2, 0) is 0 Å². The molecule has 19 heavy (non-hydrogen) atoms. The van der Waals surface area contributed by atoms with Crippen molar-refractivity contribution in [3.63, 3.8) is 0 Å². The zero-order chi connectivity index (χ0) is 13.7. The van der Waals surface area contributed by atoms with Gasteiger partial charge in [0.25, 0.3) is 0 Å². The third-order valence-electron chi connectivity index (χ3n) is 3.08. The summed E-state index contributed by atoms with van der Waals surface area (Å²) in [6.45, 7) is 3.76. The molecule has 0 spiro atoms. The summed E-state index contributed by atoms with van der Waals surface area (Å²) in [5.41, 5.74) is 1.59. The Bertz CT molecular complexity index is 558. The topological polar surface area (TPSA) is 17.1 Å². The van der Waals surface area contributed by atoms with Crippen molar-refractivity contribution in [3.8, 4) is 0 Å². The van der Waals surface area contributed by atoms with Gasteiger partial charge in [0.15, 0.2) is 5.78 Å². The molecular formula is C17H15FO. The second-order valence-corrected chi connectivity index (χ2v) is 4.39. The minimum atomic E-state index is -0.277. The van der Waals surface area contributed by atoms with Crippen LogP contribution in [0, 0.1) is 5.82 Å². The predicted molar refractivity (Wildman–Crippen MR) is 74.7 cm³/mol. The van der Waals surface area contributed by atoms with Crippen LogP contribution < -0.4 is 0 Å². The molecule has 1 atom stereocenters. The van der Waals surface area contributed by atoms with E-state index in [0.29, 0.717) is 12.0 Å². The number of Topliss-reactive ketones (excluding diaryl/α,β-unsaturated/α-hetero) is 1. The number of carbonyl (C=O) groups excluding carboxylic acids is 1. The highest BCUT2D eigenvalue weighted by Crippen LogP contribution is 2.23. The van der Waals surface area contributed by atoms with Gasteiger partial charge in [-0.25, -0.2) is 4.39 Å². The number of hydrogen-bond acceptors (Lipinski definition) is 1. The molecule has 2 aromatic carbocycles. The molecule has 96 valence electrons. The van der Waals surface area contributed by atoms with Crippen LogP contribution in [0.2, 0.25) is 0 Å². The van der Waals surface area contributed by atoms with Crippen LogP contribution in [0.3, 0.4) is 0 Å². The van der Waals surface area contributed by atoms with Gasteiger partial charge in [-0.1, -0.05) is 48.5 Å². The fourth-order valence-corrected chi connectivity index (χ4v) is 1.99. The Morgan fingerprint density at radius 1 is 1.11 bits per heavy atom. The van der Waals surface area contributed by atoms with E-state index in [1.54, 1.807) is 30.3 Å². The van der Waals surface area contributed by atoms with Gasteiger partial charge in [0.05, 0.1) is 0 Å². The summed E-state index contributed by atoms with van der Waals surface area (Å²) in [5.74, 6) is -0.302. The molecule has 1 nitrogen and oxygen atoms in total. The van der Waals surface area contributed by atoms with Crippen molar-refractivity contribution in [2.45, 2.75) is 12.3 Å². The zero-order valence-electron chi connectivity index (χ0n) is 10.6. The number of allylic oxidation sites excluding steroid dienone is 1. The SMILES string of the molecule is C=CC(CC(=O)c1ccccc1)c1ccc(F)cc1. The monoisotopic (exact) mass is 254 g/mol. The summed E-state index contributed by atoms with van der Waals surface area (Å²) < 4.78 is 12.9. The molecule has 0 saturated carbocycles. The summed E-state index contributed by atoms with van der Waals surface area (Å²) in [4.78, 5) is 12.1. The van der Waals surface area contributed by atoms with E-state index in [1.807, 2.05) is 18.2 Å². The molecule has 0 bridgehead atoms. The van der Waals surface area contributed by atoms with E-state index < -0.39 is 0 Å². The van der Waals surface area contributed by atoms with Gasteiger partial charge in [0.1, 0.15) is 5.82 Å². The minimum absolute atomic E-state index is 0.0647. The number of benzene rings is 2. The first-order chi connectivity index (χ1) is 9.20. The van der Waals surface area contributed by atoms with Gasteiger partial charge in [-0.15, -0.1) is 6.58 Å². The smallest absolute Gasteiger partial charge is 0.163 e. The Kier molecular flexibility index (Phi) is 4.24. The molecule has 0 radical (unpaired) electrons. The third-order valence-corrected chi connectivity index (χ3v) is 3.08. The van der Waals surface area contributed by atoms with Crippen LogP contribution in [0.4, 0.5) is 4.39 Å². The van der Waals surface area contributed by atoms with Crippen LogP contribution >= 0.6 is 0 Å². The van der Waals surface area contributed by atoms with Gasteiger partial charge < -0.3 is 0 Å². The van der Waals surface area contributed by atoms with Crippen LogP contribution in [-0.4, -0.2) is 5.78 Å². The van der Waals surface area contributed by atoms with Gasteiger partial charge in [0, 0.05) is 17.9 Å². The maximum atomic E-state index is 12.9. The maximum Gasteiger partial charge on any atom is 0.163 e. The lowest BCUT2D eigenvalue weighted by atomic mass is 9.92. The molecule has 2 rings (SSSR count). The highest BCUT2D eigenvalue weighted by molar-refractivity contribution is 5.96. The van der Waals surface area contributed by atoms with E-state index in [1.165, 1.54) is 12.1 Å². The number of hydrogen-bond donors (Lipinski definition) is 0. The lowest BCUT2D eigenvalue weighted by molar-refractivity contribution is 0.0978. The normalized spacial score (nSPS) is 11.8. The van der Waals surface area contributed by atoms with Crippen molar-refractivity contribution >= 4 is 5.78 Å². The molecule has 2 heteroatoms. The van der Waals surface area contributed by atoms with Crippen molar-refractivity contribution < 1.29 is 9.18 Å².